The maximum Gasteiger partial charge on any atom is 0.253 e. The lowest BCUT2D eigenvalue weighted by atomic mass is 9.92. The van der Waals surface area contributed by atoms with Crippen LogP contribution in [-0.2, 0) is 0 Å². The van der Waals surface area contributed by atoms with Crippen molar-refractivity contribution in [3.63, 3.8) is 0 Å². The average Bonchev–Trinajstić information content (AvgIpc) is 2.82. The third-order valence-corrected chi connectivity index (χ3v) is 6.07. The summed E-state index contributed by atoms with van der Waals surface area (Å²) in [5.41, 5.74) is 6.37. The van der Waals surface area contributed by atoms with Gasteiger partial charge in [-0.05, 0) is 54.8 Å². The fourth-order valence-electron chi connectivity index (χ4n) is 4.33. The fourth-order valence-corrected chi connectivity index (χ4v) is 4.33. The van der Waals surface area contributed by atoms with Gasteiger partial charge in [0.15, 0.2) is 0 Å². The number of hydrogen-bond acceptors (Lipinski definition) is 3. The van der Waals surface area contributed by atoms with Crippen molar-refractivity contribution in [2.45, 2.75) is 19.9 Å². The molecule has 1 amide bonds. The molecule has 31 heavy (non-hydrogen) atoms. The average molecular weight is 410 g/mol. The van der Waals surface area contributed by atoms with Crippen molar-refractivity contribution in [1.29, 1.82) is 5.26 Å². The number of aryl methyl sites for hydroxylation is 2. The Hall–Kier alpha value is -3.42. The maximum atomic E-state index is 12.9. The van der Waals surface area contributed by atoms with Gasteiger partial charge >= 0.3 is 0 Å². The van der Waals surface area contributed by atoms with Crippen LogP contribution in [0, 0.1) is 25.2 Å². The van der Waals surface area contributed by atoms with Crippen LogP contribution in [0.4, 0.5) is 0 Å². The predicted molar refractivity (Wildman–Crippen MR) is 123 cm³/mol. The van der Waals surface area contributed by atoms with E-state index in [0.717, 1.165) is 13.1 Å². The van der Waals surface area contributed by atoms with Crippen LogP contribution < -0.4 is 0 Å². The zero-order valence-corrected chi connectivity index (χ0v) is 18.1. The molecule has 0 unspecified atom stereocenters. The number of rotatable bonds is 4. The van der Waals surface area contributed by atoms with Crippen LogP contribution in [0.2, 0.25) is 0 Å². The van der Waals surface area contributed by atoms with E-state index in [-0.39, 0.29) is 11.9 Å². The van der Waals surface area contributed by atoms with Gasteiger partial charge in [-0.3, -0.25) is 9.69 Å². The molecule has 0 bridgehead atoms. The molecule has 0 aliphatic carbocycles. The summed E-state index contributed by atoms with van der Waals surface area (Å²) in [4.78, 5) is 17.3. The summed E-state index contributed by atoms with van der Waals surface area (Å²) < 4.78 is 0. The SMILES string of the molecule is Cc1ccc(C)c([C@H](c2ccccc2)N2CCN(C(=O)c3ccc(C#N)cc3)CC2)c1. The number of nitriles is 1. The first-order valence-corrected chi connectivity index (χ1v) is 10.7. The standard InChI is InChI=1S/C27H27N3O/c1-20-8-9-21(2)25(18-20)26(23-6-4-3-5-7-23)29-14-16-30(17-15-29)27(31)24-12-10-22(19-28)11-13-24/h3-13,18,26H,14-17H2,1-2H3/t26-/m0/s1. The third-order valence-electron chi connectivity index (χ3n) is 6.07. The van der Waals surface area contributed by atoms with Gasteiger partial charge in [0.25, 0.3) is 5.91 Å². The second-order valence-corrected chi connectivity index (χ2v) is 8.19. The van der Waals surface area contributed by atoms with Crippen LogP contribution in [0.15, 0.2) is 72.8 Å². The van der Waals surface area contributed by atoms with Gasteiger partial charge in [-0.1, -0.05) is 54.1 Å². The molecule has 1 atom stereocenters. The molecule has 0 spiro atoms. The highest BCUT2D eigenvalue weighted by Gasteiger charge is 2.29. The number of hydrogen-bond donors (Lipinski definition) is 0. The summed E-state index contributed by atoms with van der Waals surface area (Å²) in [5.74, 6) is 0.0344. The Morgan fingerprint density at radius 3 is 2.23 bits per heavy atom. The summed E-state index contributed by atoms with van der Waals surface area (Å²) in [7, 11) is 0. The molecule has 1 saturated heterocycles. The van der Waals surface area contributed by atoms with Crippen LogP contribution >= 0.6 is 0 Å². The fraction of sp³-hybridized carbons (Fsp3) is 0.259. The molecule has 1 fully saturated rings. The van der Waals surface area contributed by atoms with Crippen molar-refractivity contribution in [2.75, 3.05) is 26.2 Å². The number of carbonyl (C=O) groups excluding carboxylic acids is 1. The molecule has 0 saturated carbocycles. The summed E-state index contributed by atoms with van der Waals surface area (Å²) in [6.07, 6.45) is 0. The quantitative estimate of drug-likeness (QED) is 0.626. The number of benzene rings is 3. The van der Waals surface area contributed by atoms with E-state index in [9.17, 15) is 4.79 Å². The maximum absolute atomic E-state index is 12.9. The van der Waals surface area contributed by atoms with Gasteiger partial charge in [0.2, 0.25) is 0 Å². The zero-order valence-electron chi connectivity index (χ0n) is 18.1. The number of amides is 1. The van der Waals surface area contributed by atoms with Crippen molar-refractivity contribution in [3.05, 3.63) is 106 Å². The van der Waals surface area contributed by atoms with Crippen LogP contribution in [0.3, 0.4) is 0 Å². The zero-order chi connectivity index (χ0) is 21.8. The predicted octanol–water partition coefficient (Wildman–Crippen LogP) is 4.72. The van der Waals surface area contributed by atoms with Gasteiger partial charge in [0.1, 0.15) is 0 Å². The van der Waals surface area contributed by atoms with E-state index in [1.807, 2.05) is 4.90 Å². The minimum atomic E-state index is 0.0344. The molecule has 3 aromatic rings. The monoisotopic (exact) mass is 409 g/mol. The highest BCUT2D eigenvalue weighted by Crippen LogP contribution is 2.32. The molecule has 3 aromatic carbocycles. The highest BCUT2D eigenvalue weighted by atomic mass is 16.2. The topological polar surface area (TPSA) is 47.3 Å². The minimum Gasteiger partial charge on any atom is -0.336 e. The molecule has 4 rings (SSSR count). The number of nitrogens with zero attached hydrogens (tertiary/aromatic N) is 3. The lowest BCUT2D eigenvalue weighted by Gasteiger charge is -2.40. The van der Waals surface area contributed by atoms with E-state index in [2.05, 4.69) is 73.3 Å². The Kier molecular flexibility index (Phi) is 6.16. The summed E-state index contributed by atoms with van der Waals surface area (Å²) in [6, 6.07) is 26.5. The molecule has 1 aliphatic rings. The lowest BCUT2D eigenvalue weighted by Crippen LogP contribution is -2.50. The first kappa shape index (κ1) is 20.8. The number of carbonyl (C=O) groups is 1. The molecule has 1 aliphatic heterocycles. The van der Waals surface area contributed by atoms with E-state index in [1.165, 1.54) is 22.3 Å². The Bertz CT molecular complexity index is 1090. The van der Waals surface area contributed by atoms with Crippen molar-refractivity contribution in [3.8, 4) is 6.07 Å². The minimum absolute atomic E-state index is 0.0344. The molecule has 156 valence electrons. The Labute approximate surface area is 184 Å². The van der Waals surface area contributed by atoms with Crippen molar-refractivity contribution in [1.82, 2.24) is 9.80 Å². The molecule has 0 N–H and O–H groups in total. The molecule has 1 heterocycles. The Morgan fingerprint density at radius 1 is 0.903 bits per heavy atom. The van der Waals surface area contributed by atoms with Crippen LogP contribution in [0.1, 0.15) is 44.2 Å². The van der Waals surface area contributed by atoms with Crippen molar-refractivity contribution in [2.24, 2.45) is 0 Å². The first-order chi connectivity index (χ1) is 15.1. The summed E-state index contributed by atoms with van der Waals surface area (Å²) >= 11 is 0. The van der Waals surface area contributed by atoms with E-state index >= 15 is 0 Å². The first-order valence-electron chi connectivity index (χ1n) is 10.7. The van der Waals surface area contributed by atoms with Crippen molar-refractivity contribution >= 4 is 5.91 Å². The van der Waals surface area contributed by atoms with Gasteiger partial charge in [-0.15, -0.1) is 0 Å². The normalized spacial score (nSPS) is 15.3. The molecular formula is C27H27N3O. The smallest absolute Gasteiger partial charge is 0.253 e. The molecule has 4 nitrogen and oxygen atoms in total. The van der Waals surface area contributed by atoms with E-state index in [4.69, 9.17) is 5.26 Å². The Morgan fingerprint density at radius 2 is 1.58 bits per heavy atom. The van der Waals surface area contributed by atoms with E-state index in [0.29, 0.717) is 24.2 Å². The second kappa shape index (κ2) is 9.16. The molecule has 0 aromatic heterocycles. The third kappa shape index (κ3) is 4.52. The van der Waals surface area contributed by atoms with Gasteiger partial charge in [0, 0.05) is 31.7 Å². The second-order valence-electron chi connectivity index (χ2n) is 8.19. The lowest BCUT2D eigenvalue weighted by molar-refractivity contribution is 0.0597. The summed E-state index contributed by atoms with van der Waals surface area (Å²) in [5, 5.41) is 8.97. The van der Waals surface area contributed by atoms with Crippen molar-refractivity contribution < 1.29 is 4.79 Å². The van der Waals surface area contributed by atoms with Crippen LogP contribution in [0.25, 0.3) is 0 Å². The molecule has 4 heteroatoms. The molecular weight excluding hydrogens is 382 g/mol. The van der Waals surface area contributed by atoms with Crippen LogP contribution in [-0.4, -0.2) is 41.9 Å². The van der Waals surface area contributed by atoms with Gasteiger partial charge in [-0.25, -0.2) is 0 Å². The highest BCUT2D eigenvalue weighted by molar-refractivity contribution is 5.94. The summed E-state index contributed by atoms with van der Waals surface area (Å²) in [6.45, 7) is 7.32. The van der Waals surface area contributed by atoms with Gasteiger partial charge < -0.3 is 4.90 Å². The van der Waals surface area contributed by atoms with E-state index in [1.54, 1.807) is 24.3 Å². The van der Waals surface area contributed by atoms with E-state index < -0.39 is 0 Å². The number of piperazine rings is 1. The van der Waals surface area contributed by atoms with Crippen LogP contribution in [0.5, 0.6) is 0 Å². The van der Waals surface area contributed by atoms with Gasteiger partial charge in [0.05, 0.1) is 17.7 Å². The van der Waals surface area contributed by atoms with Gasteiger partial charge in [-0.2, -0.15) is 5.26 Å². The largest absolute Gasteiger partial charge is 0.336 e. The Balaban J connectivity index is 1.54. The molecule has 0 radical (unpaired) electrons.